The number of thiophene rings is 1. The molecule has 2 heterocycles. The van der Waals surface area contributed by atoms with Crippen molar-refractivity contribution in [2.24, 2.45) is 0 Å². The molecule has 1 aliphatic rings. The standard InChI is InChI=1S/C17H21NO2S2/c1-17(2)12-18(10-13-6-4-5-7-15(13)17)11-14-8-9-16(21-14)22(3,19)20/h4-9H,10-12H2,1-3H3. The van der Waals surface area contributed by atoms with E-state index in [0.29, 0.717) is 4.21 Å². The van der Waals surface area contributed by atoms with Crippen molar-refractivity contribution >= 4 is 21.2 Å². The molecule has 0 bridgehead atoms. The normalized spacial score (nSPS) is 18.1. The van der Waals surface area contributed by atoms with Crippen molar-refractivity contribution in [3.05, 3.63) is 52.4 Å². The van der Waals surface area contributed by atoms with Crippen molar-refractivity contribution in [2.75, 3.05) is 12.8 Å². The van der Waals surface area contributed by atoms with Gasteiger partial charge in [0.2, 0.25) is 0 Å². The fraction of sp³-hybridized carbons (Fsp3) is 0.412. The van der Waals surface area contributed by atoms with Gasteiger partial charge in [-0.05, 0) is 23.3 Å². The molecule has 5 heteroatoms. The van der Waals surface area contributed by atoms with Crippen LogP contribution in [-0.4, -0.2) is 26.1 Å². The summed E-state index contributed by atoms with van der Waals surface area (Å²) in [5.41, 5.74) is 2.92. The molecule has 3 nitrogen and oxygen atoms in total. The zero-order valence-electron chi connectivity index (χ0n) is 13.2. The monoisotopic (exact) mass is 335 g/mol. The van der Waals surface area contributed by atoms with E-state index in [2.05, 4.69) is 43.0 Å². The number of benzene rings is 1. The Morgan fingerprint density at radius 2 is 1.91 bits per heavy atom. The summed E-state index contributed by atoms with van der Waals surface area (Å²) in [6.45, 7) is 7.25. The Bertz CT molecular complexity index is 790. The van der Waals surface area contributed by atoms with E-state index in [0.717, 1.165) is 24.5 Å². The first-order chi connectivity index (χ1) is 10.3. The van der Waals surface area contributed by atoms with Crippen LogP contribution in [0.5, 0.6) is 0 Å². The molecule has 0 aliphatic carbocycles. The Morgan fingerprint density at radius 1 is 1.18 bits per heavy atom. The first kappa shape index (κ1) is 15.7. The van der Waals surface area contributed by atoms with Gasteiger partial charge in [-0.15, -0.1) is 11.3 Å². The van der Waals surface area contributed by atoms with Crippen LogP contribution in [0.3, 0.4) is 0 Å². The number of hydrogen-bond donors (Lipinski definition) is 0. The fourth-order valence-electron chi connectivity index (χ4n) is 3.23. The van der Waals surface area contributed by atoms with Crippen molar-refractivity contribution in [3.8, 4) is 0 Å². The Hall–Kier alpha value is -1.17. The summed E-state index contributed by atoms with van der Waals surface area (Å²) >= 11 is 1.39. The van der Waals surface area contributed by atoms with Crippen LogP contribution in [0.2, 0.25) is 0 Å². The second-order valence-electron chi connectivity index (χ2n) is 6.68. The molecule has 0 radical (unpaired) electrons. The Morgan fingerprint density at radius 3 is 2.59 bits per heavy atom. The molecule has 22 heavy (non-hydrogen) atoms. The smallest absolute Gasteiger partial charge is 0.184 e. The Kier molecular flexibility index (Phi) is 3.91. The molecular formula is C17H21NO2S2. The average molecular weight is 335 g/mol. The minimum absolute atomic E-state index is 0.117. The van der Waals surface area contributed by atoms with Gasteiger partial charge in [-0.1, -0.05) is 38.1 Å². The van der Waals surface area contributed by atoms with Gasteiger partial charge in [0.25, 0.3) is 0 Å². The summed E-state index contributed by atoms with van der Waals surface area (Å²) in [6.07, 6.45) is 1.27. The average Bonchev–Trinajstić information content (AvgIpc) is 2.86. The van der Waals surface area contributed by atoms with Crippen molar-refractivity contribution in [1.82, 2.24) is 4.90 Å². The first-order valence-electron chi connectivity index (χ1n) is 7.35. The topological polar surface area (TPSA) is 37.4 Å². The van der Waals surface area contributed by atoms with E-state index in [4.69, 9.17) is 0 Å². The molecule has 0 fully saturated rings. The summed E-state index contributed by atoms with van der Waals surface area (Å²) in [7, 11) is -3.09. The van der Waals surface area contributed by atoms with Gasteiger partial charge in [0.15, 0.2) is 9.84 Å². The number of sulfone groups is 1. The van der Waals surface area contributed by atoms with Crippen molar-refractivity contribution in [3.63, 3.8) is 0 Å². The molecule has 2 aromatic rings. The maximum Gasteiger partial charge on any atom is 0.184 e. The van der Waals surface area contributed by atoms with Gasteiger partial charge < -0.3 is 0 Å². The van der Waals surface area contributed by atoms with E-state index in [1.807, 2.05) is 6.07 Å². The van der Waals surface area contributed by atoms with Gasteiger partial charge in [-0.2, -0.15) is 0 Å². The third-order valence-electron chi connectivity index (χ3n) is 4.14. The molecule has 0 spiro atoms. The lowest BCUT2D eigenvalue weighted by Gasteiger charge is -2.39. The minimum Gasteiger partial charge on any atom is -0.293 e. The molecule has 1 aromatic carbocycles. The van der Waals surface area contributed by atoms with E-state index < -0.39 is 9.84 Å². The van der Waals surface area contributed by atoms with Gasteiger partial charge in [0.05, 0.1) is 0 Å². The van der Waals surface area contributed by atoms with Crippen LogP contribution in [0.15, 0.2) is 40.6 Å². The molecule has 118 valence electrons. The van der Waals surface area contributed by atoms with Crippen LogP contribution in [0.4, 0.5) is 0 Å². The molecule has 0 amide bonds. The van der Waals surface area contributed by atoms with E-state index in [1.165, 1.54) is 28.7 Å². The van der Waals surface area contributed by atoms with E-state index in [9.17, 15) is 8.42 Å². The lowest BCUT2D eigenvalue weighted by Crippen LogP contribution is -2.41. The van der Waals surface area contributed by atoms with Gasteiger partial charge in [-0.25, -0.2) is 8.42 Å². The molecule has 0 N–H and O–H groups in total. The van der Waals surface area contributed by atoms with E-state index in [-0.39, 0.29) is 5.41 Å². The van der Waals surface area contributed by atoms with Crippen LogP contribution in [0.25, 0.3) is 0 Å². The molecule has 0 atom stereocenters. The largest absolute Gasteiger partial charge is 0.293 e. The predicted octanol–water partition coefficient (Wildman–Crippen LogP) is 3.45. The highest BCUT2D eigenvalue weighted by molar-refractivity contribution is 7.92. The highest BCUT2D eigenvalue weighted by Crippen LogP contribution is 2.34. The van der Waals surface area contributed by atoms with Gasteiger partial charge in [-0.3, -0.25) is 4.90 Å². The van der Waals surface area contributed by atoms with E-state index in [1.54, 1.807) is 6.07 Å². The summed E-state index contributed by atoms with van der Waals surface area (Å²) in [5.74, 6) is 0. The molecule has 3 rings (SSSR count). The predicted molar refractivity (Wildman–Crippen MR) is 91.0 cm³/mol. The van der Waals surface area contributed by atoms with Crippen LogP contribution < -0.4 is 0 Å². The third kappa shape index (κ3) is 3.12. The van der Waals surface area contributed by atoms with Gasteiger partial charge in [0.1, 0.15) is 4.21 Å². The molecule has 0 saturated carbocycles. The maximum atomic E-state index is 11.6. The van der Waals surface area contributed by atoms with Crippen molar-refractivity contribution in [1.29, 1.82) is 0 Å². The molecule has 1 aliphatic heterocycles. The number of hydrogen-bond acceptors (Lipinski definition) is 4. The second kappa shape index (κ2) is 5.48. The highest BCUT2D eigenvalue weighted by Gasteiger charge is 2.31. The fourth-order valence-corrected chi connectivity index (χ4v) is 5.25. The van der Waals surface area contributed by atoms with Crippen LogP contribution >= 0.6 is 11.3 Å². The molecular weight excluding hydrogens is 314 g/mol. The Labute approximate surface area is 136 Å². The summed E-state index contributed by atoms with van der Waals surface area (Å²) in [4.78, 5) is 3.51. The SMILES string of the molecule is CC1(C)CN(Cc2ccc(S(C)(=O)=O)s2)Cc2ccccc21. The Balaban J connectivity index is 1.82. The minimum atomic E-state index is -3.09. The maximum absolute atomic E-state index is 11.6. The molecule has 0 saturated heterocycles. The summed E-state index contributed by atoms with van der Waals surface area (Å²) in [5, 5.41) is 0. The van der Waals surface area contributed by atoms with Crippen molar-refractivity contribution in [2.45, 2.75) is 36.6 Å². The number of fused-ring (bicyclic) bond motifs is 1. The second-order valence-corrected chi connectivity index (χ2v) is 10.1. The van der Waals surface area contributed by atoms with Crippen LogP contribution in [-0.2, 0) is 28.3 Å². The molecule has 1 aromatic heterocycles. The lowest BCUT2D eigenvalue weighted by atomic mass is 9.78. The summed E-state index contributed by atoms with van der Waals surface area (Å²) in [6, 6.07) is 12.3. The quantitative estimate of drug-likeness (QED) is 0.862. The number of rotatable bonds is 3. The van der Waals surface area contributed by atoms with Crippen molar-refractivity contribution < 1.29 is 8.42 Å². The molecule has 0 unspecified atom stereocenters. The van der Waals surface area contributed by atoms with Crippen LogP contribution in [0.1, 0.15) is 29.9 Å². The summed E-state index contributed by atoms with van der Waals surface area (Å²) < 4.78 is 23.7. The lowest BCUT2D eigenvalue weighted by molar-refractivity contribution is 0.188. The zero-order valence-corrected chi connectivity index (χ0v) is 14.8. The van der Waals surface area contributed by atoms with E-state index >= 15 is 0 Å². The van der Waals surface area contributed by atoms with Gasteiger partial charge in [0, 0.05) is 36.2 Å². The number of nitrogens with zero attached hydrogens (tertiary/aromatic N) is 1. The third-order valence-corrected chi connectivity index (χ3v) is 7.03. The van der Waals surface area contributed by atoms with Crippen LogP contribution in [0, 0.1) is 0 Å². The first-order valence-corrected chi connectivity index (χ1v) is 10.1. The highest BCUT2D eigenvalue weighted by atomic mass is 32.2. The zero-order chi connectivity index (χ0) is 16.0. The van der Waals surface area contributed by atoms with Gasteiger partial charge >= 0.3 is 0 Å².